The number of hydrogen-bond donors (Lipinski definition) is 0. The molecule has 1 unspecified atom stereocenters. The van der Waals surface area contributed by atoms with Crippen LogP contribution in [0, 0.1) is 0 Å². The Hall–Kier alpha value is -3.62. The molecular weight excluding hydrogens is 504 g/mol. The molecule has 0 heterocycles. The molecule has 0 bridgehead atoms. The van der Waals surface area contributed by atoms with Gasteiger partial charge in [0.15, 0.2) is 0 Å². The summed E-state index contributed by atoms with van der Waals surface area (Å²) in [5.74, 6) is 0.877. The molecule has 1 aliphatic rings. The van der Waals surface area contributed by atoms with Crippen LogP contribution in [-0.2, 0) is 18.4 Å². The van der Waals surface area contributed by atoms with Crippen LogP contribution in [0.2, 0.25) is 0 Å². The summed E-state index contributed by atoms with van der Waals surface area (Å²) in [7, 11) is 0. The van der Waals surface area contributed by atoms with Gasteiger partial charge in [0.25, 0.3) is 0 Å². The van der Waals surface area contributed by atoms with Crippen molar-refractivity contribution in [3.63, 3.8) is 0 Å². The van der Waals surface area contributed by atoms with Gasteiger partial charge >= 0.3 is 0 Å². The minimum Gasteiger partial charge on any atom is -0.489 e. The van der Waals surface area contributed by atoms with Gasteiger partial charge in [0.05, 0.1) is 5.41 Å². The molecular formula is C34H27BrO. The molecule has 5 aromatic carbocycles. The Morgan fingerprint density at radius 1 is 0.611 bits per heavy atom. The summed E-state index contributed by atoms with van der Waals surface area (Å²) in [6.07, 6.45) is 1.05. The topological polar surface area (TPSA) is 9.23 Å². The van der Waals surface area contributed by atoms with Gasteiger partial charge in [-0.1, -0.05) is 120 Å². The van der Waals surface area contributed by atoms with Crippen molar-refractivity contribution in [2.75, 3.05) is 0 Å². The third-order valence-corrected chi connectivity index (χ3v) is 7.83. The van der Waals surface area contributed by atoms with Crippen LogP contribution in [0.3, 0.4) is 0 Å². The van der Waals surface area contributed by atoms with E-state index >= 15 is 0 Å². The van der Waals surface area contributed by atoms with E-state index in [0.717, 1.165) is 16.6 Å². The molecule has 1 nitrogen and oxygen atoms in total. The summed E-state index contributed by atoms with van der Waals surface area (Å²) >= 11 is 3.75. The lowest BCUT2D eigenvalue weighted by Gasteiger charge is -2.34. The van der Waals surface area contributed by atoms with E-state index < -0.39 is 5.41 Å². The SMILES string of the molecule is CCc1ccc(COc2ccc(C3(c4ccccc4)c4ccccc4-c4ccc(Br)cc43)cc2)cc1. The fourth-order valence-electron chi connectivity index (χ4n) is 5.57. The third kappa shape index (κ3) is 3.77. The lowest BCUT2D eigenvalue weighted by molar-refractivity contribution is 0.306. The number of benzene rings is 5. The largest absolute Gasteiger partial charge is 0.489 e. The minimum absolute atomic E-state index is 0.397. The number of aryl methyl sites for hydroxylation is 1. The maximum absolute atomic E-state index is 6.17. The van der Waals surface area contributed by atoms with Crippen LogP contribution in [0.1, 0.15) is 40.3 Å². The van der Waals surface area contributed by atoms with Gasteiger partial charge < -0.3 is 4.74 Å². The van der Waals surface area contributed by atoms with Crippen LogP contribution in [-0.4, -0.2) is 0 Å². The highest BCUT2D eigenvalue weighted by molar-refractivity contribution is 9.10. The average Bonchev–Trinajstić information content (AvgIpc) is 3.23. The van der Waals surface area contributed by atoms with Gasteiger partial charge in [0.1, 0.15) is 12.4 Å². The normalized spacial score (nSPS) is 15.8. The molecule has 176 valence electrons. The summed E-state index contributed by atoms with van der Waals surface area (Å²) in [6, 6.07) is 43.7. The first kappa shape index (κ1) is 22.8. The Balaban J connectivity index is 1.44. The summed E-state index contributed by atoms with van der Waals surface area (Å²) in [5.41, 5.74) is 9.82. The first-order valence-electron chi connectivity index (χ1n) is 12.5. The highest BCUT2D eigenvalue weighted by Crippen LogP contribution is 2.56. The van der Waals surface area contributed by atoms with Crippen LogP contribution in [0.15, 0.2) is 126 Å². The van der Waals surface area contributed by atoms with E-state index in [1.807, 2.05) is 0 Å². The van der Waals surface area contributed by atoms with Gasteiger partial charge in [-0.05, 0) is 75.2 Å². The Labute approximate surface area is 221 Å². The average molecular weight is 531 g/mol. The van der Waals surface area contributed by atoms with Crippen LogP contribution < -0.4 is 4.74 Å². The molecule has 0 radical (unpaired) electrons. The number of rotatable bonds is 6. The molecule has 2 heteroatoms. The van der Waals surface area contributed by atoms with Crippen LogP contribution in [0.4, 0.5) is 0 Å². The van der Waals surface area contributed by atoms with Crippen molar-refractivity contribution >= 4 is 15.9 Å². The van der Waals surface area contributed by atoms with E-state index in [4.69, 9.17) is 4.74 Å². The number of halogens is 1. The lowest BCUT2D eigenvalue weighted by Crippen LogP contribution is -2.28. The van der Waals surface area contributed by atoms with Gasteiger partial charge in [-0.25, -0.2) is 0 Å². The summed E-state index contributed by atoms with van der Waals surface area (Å²) in [6.45, 7) is 2.74. The molecule has 5 aromatic rings. The number of hydrogen-bond acceptors (Lipinski definition) is 1. The first-order chi connectivity index (χ1) is 17.7. The van der Waals surface area contributed by atoms with Crippen molar-refractivity contribution in [2.45, 2.75) is 25.4 Å². The van der Waals surface area contributed by atoms with Gasteiger partial charge in [-0.15, -0.1) is 0 Å². The molecule has 36 heavy (non-hydrogen) atoms. The van der Waals surface area contributed by atoms with E-state index in [9.17, 15) is 0 Å². The summed E-state index contributed by atoms with van der Waals surface area (Å²) in [5, 5.41) is 0. The molecule has 0 N–H and O–H groups in total. The van der Waals surface area contributed by atoms with Crippen molar-refractivity contribution in [2.24, 2.45) is 0 Å². The number of ether oxygens (including phenoxy) is 1. The predicted octanol–water partition coefficient (Wildman–Crippen LogP) is 8.95. The molecule has 0 spiro atoms. The van der Waals surface area contributed by atoms with Gasteiger partial charge in [0.2, 0.25) is 0 Å². The minimum atomic E-state index is -0.397. The third-order valence-electron chi connectivity index (χ3n) is 7.34. The van der Waals surface area contributed by atoms with Crippen molar-refractivity contribution in [3.05, 3.63) is 159 Å². The van der Waals surface area contributed by atoms with Crippen molar-refractivity contribution < 1.29 is 4.74 Å². The second-order valence-corrected chi connectivity index (χ2v) is 10.3. The Kier molecular flexibility index (Phi) is 5.99. The smallest absolute Gasteiger partial charge is 0.119 e. The highest BCUT2D eigenvalue weighted by Gasteiger charge is 2.46. The molecule has 0 saturated heterocycles. The van der Waals surface area contributed by atoms with E-state index in [1.54, 1.807) is 0 Å². The van der Waals surface area contributed by atoms with Gasteiger partial charge in [-0.3, -0.25) is 0 Å². The molecule has 0 aliphatic heterocycles. The van der Waals surface area contributed by atoms with Crippen molar-refractivity contribution in [1.29, 1.82) is 0 Å². The fourth-order valence-corrected chi connectivity index (χ4v) is 5.93. The molecule has 0 aromatic heterocycles. The molecule has 0 amide bonds. The van der Waals surface area contributed by atoms with E-state index in [1.165, 1.54) is 44.5 Å². The molecule has 6 rings (SSSR count). The second kappa shape index (κ2) is 9.44. The monoisotopic (exact) mass is 530 g/mol. The van der Waals surface area contributed by atoms with Crippen LogP contribution in [0.25, 0.3) is 11.1 Å². The maximum Gasteiger partial charge on any atom is 0.119 e. The van der Waals surface area contributed by atoms with Gasteiger partial charge in [-0.2, -0.15) is 0 Å². The van der Waals surface area contributed by atoms with E-state index in [2.05, 4.69) is 144 Å². The molecule has 0 fully saturated rings. The quantitative estimate of drug-likeness (QED) is 0.209. The second-order valence-electron chi connectivity index (χ2n) is 9.33. The first-order valence-corrected chi connectivity index (χ1v) is 13.3. The summed E-state index contributed by atoms with van der Waals surface area (Å²) in [4.78, 5) is 0. The molecule has 1 atom stereocenters. The highest BCUT2D eigenvalue weighted by atomic mass is 79.9. The van der Waals surface area contributed by atoms with E-state index in [0.29, 0.717) is 6.61 Å². The zero-order valence-electron chi connectivity index (χ0n) is 20.2. The van der Waals surface area contributed by atoms with Crippen molar-refractivity contribution in [1.82, 2.24) is 0 Å². The van der Waals surface area contributed by atoms with Gasteiger partial charge in [0, 0.05) is 4.47 Å². The Morgan fingerprint density at radius 3 is 2.00 bits per heavy atom. The summed E-state index contributed by atoms with van der Waals surface area (Å²) < 4.78 is 7.26. The lowest BCUT2D eigenvalue weighted by atomic mass is 9.68. The molecule has 0 saturated carbocycles. The molecule has 1 aliphatic carbocycles. The fraction of sp³-hybridized carbons (Fsp3) is 0.118. The zero-order valence-corrected chi connectivity index (χ0v) is 21.8. The van der Waals surface area contributed by atoms with Crippen LogP contribution in [0.5, 0.6) is 5.75 Å². The van der Waals surface area contributed by atoms with Crippen molar-refractivity contribution in [3.8, 4) is 16.9 Å². The Morgan fingerprint density at radius 2 is 1.25 bits per heavy atom. The van der Waals surface area contributed by atoms with E-state index in [-0.39, 0.29) is 0 Å². The number of fused-ring (bicyclic) bond motifs is 3. The standard InChI is InChI=1S/C34H27BrO/c1-2-24-12-14-25(15-13-24)23-36-29-19-16-27(17-20-29)34(26-8-4-3-5-9-26)32-11-7-6-10-30(32)31-21-18-28(35)22-33(31)34/h3-22H,2,23H2,1H3. The van der Waals surface area contributed by atoms with Crippen LogP contribution >= 0.6 is 15.9 Å². The predicted molar refractivity (Wildman–Crippen MR) is 152 cm³/mol. The zero-order chi connectivity index (χ0) is 24.5. The Bertz CT molecular complexity index is 1500. The maximum atomic E-state index is 6.17.